The Hall–Kier alpha value is -1.50. The number of rotatable bonds is 1. The average Bonchev–Trinajstić information content (AvgIpc) is 2.57. The summed E-state index contributed by atoms with van der Waals surface area (Å²) < 4.78 is 0. The van der Waals surface area contributed by atoms with E-state index < -0.39 is 0 Å². The van der Waals surface area contributed by atoms with Crippen LogP contribution in [0.2, 0.25) is 0 Å². The van der Waals surface area contributed by atoms with Crippen molar-refractivity contribution < 1.29 is 32.7 Å². The van der Waals surface area contributed by atoms with E-state index in [4.69, 9.17) is 0 Å². The molecule has 0 N–H and O–H groups in total. The molecule has 0 aliphatic rings. The van der Waals surface area contributed by atoms with Gasteiger partial charge in [0.05, 0.1) is 0 Å². The fourth-order valence-electron chi connectivity index (χ4n) is 3.18. The maximum atomic E-state index is 3.48. The first-order valence-electron chi connectivity index (χ1n) is 7.56. The van der Waals surface area contributed by atoms with Crippen molar-refractivity contribution in [3.8, 4) is 11.1 Å². The molecular weight excluding hydrogens is 353 g/mol. The van der Waals surface area contributed by atoms with Crippen LogP contribution in [0.25, 0.3) is 32.7 Å². The Bertz CT molecular complexity index is 916. The summed E-state index contributed by atoms with van der Waals surface area (Å²) in [6.07, 6.45) is 0. The van der Waals surface area contributed by atoms with Gasteiger partial charge in [0.1, 0.15) is 0 Å². The van der Waals surface area contributed by atoms with E-state index in [1.807, 2.05) is 0 Å². The summed E-state index contributed by atoms with van der Waals surface area (Å²) in [5, 5.41) is 5.06. The molecule has 0 fully saturated rings. The molecule has 0 saturated heterocycles. The second-order valence-corrected chi connectivity index (χ2v) is 5.78. The average molecular weight is 369 g/mol. The van der Waals surface area contributed by atoms with E-state index >= 15 is 0 Å². The third-order valence-electron chi connectivity index (χ3n) is 4.36. The standard InChI is InChI=1S/C22H16.Y/c1-15-11-13-21(19-9-5-3-7-17(15)19)22-14-12-16(2)18-8-4-6-10-20(18)22;/h3-12H,1-2H3;/q-2;. The zero-order valence-corrected chi connectivity index (χ0v) is 16.2. The van der Waals surface area contributed by atoms with Gasteiger partial charge >= 0.3 is 0 Å². The molecule has 109 valence electrons. The summed E-state index contributed by atoms with van der Waals surface area (Å²) in [6, 6.07) is 28.2. The topological polar surface area (TPSA) is 0 Å². The van der Waals surface area contributed by atoms with Gasteiger partial charge in [-0.1, -0.05) is 50.2 Å². The van der Waals surface area contributed by atoms with E-state index in [1.165, 1.54) is 32.7 Å². The first kappa shape index (κ1) is 16.4. The SMILES string of the molecule is Cc1c[c-]c(-c2[c-]cc(C)c3ccccc23)c2ccccc12.[Y]. The Kier molecular flexibility index (Phi) is 4.66. The van der Waals surface area contributed by atoms with Gasteiger partial charge in [-0.25, -0.2) is 11.1 Å². The van der Waals surface area contributed by atoms with Crippen molar-refractivity contribution >= 4 is 21.5 Å². The van der Waals surface area contributed by atoms with Gasteiger partial charge in [0.2, 0.25) is 0 Å². The van der Waals surface area contributed by atoms with Crippen molar-refractivity contribution in [2.45, 2.75) is 13.8 Å². The molecule has 0 aliphatic heterocycles. The van der Waals surface area contributed by atoms with Crippen LogP contribution in [0, 0.1) is 26.0 Å². The molecule has 4 aromatic carbocycles. The van der Waals surface area contributed by atoms with Crippen LogP contribution in [0.3, 0.4) is 0 Å². The molecule has 0 amide bonds. The van der Waals surface area contributed by atoms with Crippen molar-refractivity contribution in [2.75, 3.05) is 0 Å². The number of benzene rings is 4. The van der Waals surface area contributed by atoms with Crippen LogP contribution in [-0.4, -0.2) is 0 Å². The molecule has 4 rings (SSSR count). The first-order chi connectivity index (χ1) is 10.8. The van der Waals surface area contributed by atoms with Crippen LogP contribution < -0.4 is 0 Å². The second-order valence-electron chi connectivity index (χ2n) is 5.78. The quantitative estimate of drug-likeness (QED) is 0.368. The summed E-state index contributed by atoms with van der Waals surface area (Å²) in [5.41, 5.74) is 4.79. The molecule has 0 aromatic heterocycles. The van der Waals surface area contributed by atoms with Gasteiger partial charge in [0, 0.05) is 32.7 Å². The van der Waals surface area contributed by atoms with Gasteiger partial charge in [-0.05, 0) is 0 Å². The Morgan fingerprint density at radius 1 is 0.565 bits per heavy atom. The van der Waals surface area contributed by atoms with Crippen molar-refractivity contribution in [3.05, 3.63) is 83.9 Å². The summed E-state index contributed by atoms with van der Waals surface area (Å²) in [5.74, 6) is 0. The van der Waals surface area contributed by atoms with E-state index in [9.17, 15) is 0 Å². The molecular formula is C22H16Y-2. The molecule has 1 heteroatoms. The molecule has 0 nitrogen and oxygen atoms in total. The Balaban J connectivity index is 0.00000156. The molecule has 0 heterocycles. The van der Waals surface area contributed by atoms with Crippen LogP contribution in [0.4, 0.5) is 0 Å². The Morgan fingerprint density at radius 3 is 1.30 bits per heavy atom. The van der Waals surface area contributed by atoms with Gasteiger partial charge in [-0.3, -0.25) is 0 Å². The van der Waals surface area contributed by atoms with Crippen LogP contribution in [0.5, 0.6) is 0 Å². The number of hydrogen-bond acceptors (Lipinski definition) is 0. The zero-order chi connectivity index (χ0) is 15.1. The largest absolute Gasteiger partial charge is 0.218 e. The normalized spacial score (nSPS) is 10.7. The van der Waals surface area contributed by atoms with Gasteiger partial charge in [0.15, 0.2) is 0 Å². The van der Waals surface area contributed by atoms with E-state index in [2.05, 4.69) is 86.6 Å². The molecule has 23 heavy (non-hydrogen) atoms. The first-order valence-corrected chi connectivity index (χ1v) is 7.56. The Morgan fingerprint density at radius 2 is 0.913 bits per heavy atom. The molecule has 0 bridgehead atoms. The summed E-state index contributed by atoms with van der Waals surface area (Å²) >= 11 is 0. The summed E-state index contributed by atoms with van der Waals surface area (Å²) in [7, 11) is 0. The smallest absolute Gasteiger partial charge is 0 e. The minimum absolute atomic E-state index is 0. The van der Waals surface area contributed by atoms with E-state index in [1.54, 1.807) is 0 Å². The third kappa shape index (κ3) is 2.75. The second kappa shape index (κ2) is 6.55. The molecule has 1 radical (unpaired) electrons. The van der Waals surface area contributed by atoms with Gasteiger partial charge in [-0.15, -0.1) is 44.8 Å². The maximum Gasteiger partial charge on any atom is 0 e. The van der Waals surface area contributed by atoms with Crippen LogP contribution in [0.15, 0.2) is 60.7 Å². The molecule has 0 aliphatic carbocycles. The monoisotopic (exact) mass is 369 g/mol. The van der Waals surface area contributed by atoms with Gasteiger partial charge in [0.25, 0.3) is 0 Å². The number of aryl methyl sites for hydroxylation is 2. The summed E-state index contributed by atoms with van der Waals surface area (Å²) in [4.78, 5) is 0. The third-order valence-corrected chi connectivity index (χ3v) is 4.36. The number of fused-ring (bicyclic) bond motifs is 2. The van der Waals surface area contributed by atoms with Crippen LogP contribution >= 0.6 is 0 Å². The maximum absolute atomic E-state index is 3.48. The van der Waals surface area contributed by atoms with E-state index in [0.717, 1.165) is 11.1 Å². The van der Waals surface area contributed by atoms with Crippen LogP contribution in [-0.2, 0) is 32.7 Å². The van der Waals surface area contributed by atoms with Crippen molar-refractivity contribution in [3.63, 3.8) is 0 Å². The van der Waals surface area contributed by atoms with E-state index in [-0.39, 0.29) is 32.7 Å². The van der Waals surface area contributed by atoms with Crippen molar-refractivity contribution in [2.24, 2.45) is 0 Å². The summed E-state index contributed by atoms with van der Waals surface area (Å²) in [6.45, 7) is 4.28. The molecule has 4 aromatic rings. The molecule has 0 atom stereocenters. The minimum Gasteiger partial charge on any atom is -0.218 e. The zero-order valence-electron chi connectivity index (χ0n) is 13.4. The molecule has 0 spiro atoms. The Labute approximate surface area is 162 Å². The minimum atomic E-state index is 0. The van der Waals surface area contributed by atoms with Crippen LogP contribution in [0.1, 0.15) is 11.1 Å². The predicted molar refractivity (Wildman–Crippen MR) is 94.0 cm³/mol. The van der Waals surface area contributed by atoms with Crippen molar-refractivity contribution in [1.29, 1.82) is 0 Å². The fourth-order valence-corrected chi connectivity index (χ4v) is 3.18. The predicted octanol–water partition coefficient (Wildman–Crippen LogP) is 5.87. The van der Waals surface area contributed by atoms with Gasteiger partial charge < -0.3 is 0 Å². The van der Waals surface area contributed by atoms with Gasteiger partial charge in [-0.2, -0.15) is 24.3 Å². The molecule has 0 saturated carbocycles. The molecule has 0 unspecified atom stereocenters. The fraction of sp³-hybridized carbons (Fsp3) is 0.0909. The number of hydrogen-bond donors (Lipinski definition) is 0. The van der Waals surface area contributed by atoms with E-state index in [0.29, 0.717) is 0 Å². The van der Waals surface area contributed by atoms with Crippen molar-refractivity contribution in [1.82, 2.24) is 0 Å².